The Morgan fingerprint density at radius 2 is 1.55 bits per heavy atom. The molecule has 0 aromatic heterocycles. The van der Waals surface area contributed by atoms with E-state index in [1.54, 1.807) is 0 Å². The number of unbranched alkanes of at least 4 members (excludes halogenated alkanes) is 6. The van der Waals surface area contributed by atoms with E-state index in [4.69, 9.17) is 4.74 Å². The molecule has 1 atom stereocenters. The van der Waals surface area contributed by atoms with Crippen molar-refractivity contribution in [3.8, 4) is 0 Å². The topological polar surface area (TPSA) is 26.3 Å². The minimum atomic E-state index is -0.0956. The number of ether oxygens (including phenoxy) is 1. The predicted molar refractivity (Wildman–Crippen MR) is 94.2 cm³/mol. The van der Waals surface area contributed by atoms with E-state index < -0.39 is 0 Å². The van der Waals surface area contributed by atoms with Crippen molar-refractivity contribution in [2.75, 3.05) is 6.61 Å². The SMILES string of the molecule is CCCCCCCCCC(C(=O)OCC)c1ccccc1.[Na]. The molecule has 0 amide bonds. The van der Waals surface area contributed by atoms with Gasteiger partial charge >= 0.3 is 5.97 Å². The van der Waals surface area contributed by atoms with E-state index >= 15 is 0 Å². The Morgan fingerprint density at radius 1 is 0.955 bits per heavy atom. The summed E-state index contributed by atoms with van der Waals surface area (Å²) in [6, 6.07) is 10.0. The Kier molecular flexibility index (Phi) is 14.1. The maximum atomic E-state index is 12.1. The molecule has 0 saturated heterocycles. The molecule has 3 heteroatoms. The number of carbonyl (C=O) groups is 1. The van der Waals surface area contributed by atoms with E-state index in [0.717, 1.165) is 18.4 Å². The third-order valence-electron chi connectivity index (χ3n) is 3.87. The minimum Gasteiger partial charge on any atom is -0.466 e. The predicted octanol–water partition coefficient (Wildman–Crippen LogP) is 5.09. The molecule has 2 nitrogen and oxygen atoms in total. The Labute approximate surface area is 158 Å². The fraction of sp³-hybridized carbons (Fsp3) is 0.632. The summed E-state index contributed by atoms with van der Waals surface area (Å²) in [5, 5.41) is 0. The van der Waals surface area contributed by atoms with Crippen LogP contribution in [0.25, 0.3) is 0 Å². The van der Waals surface area contributed by atoms with Crippen LogP contribution in [-0.4, -0.2) is 42.1 Å². The van der Waals surface area contributed by atoms with Crippen molar-refractivity contribution in [1.82, 2.24) is 0 Å². The summed E-state index contributed by atoms with van der Waals surface area (Å²) in [6.45, 7) is 4.57. The van der Waals surface area contributed by atoms with E-state index in [2.05, 4.69) is 6.92 Å². The van der Waals surface area contributed by atoms with Crippen LogP contribution in [0.2, 0.25) is 0 Å². The number of esters is 1. The molecule has 0 saturated carbocycles. The van der Waals surface area contributed by atoms with Crippen molar-refractivity contribution in [2.24, 2.45) is 0 Å². The summed E-state index contributed by atoms with van der Waals surface area (Å²) < 4.78 is 5.23. The summed E-state index contributed by atoms with van der Waals surface area (Å²) in [5.74, 6) is -0.170. The average Bonchev–Trinajstić information content (AvgIpc) is 2.51. The molecular weight excluding hydrogens is 283 g/mol. The fourth-order valence-corrected chi connectivity index (χ4v) is 2.65. The molecule has 1 radical (unpaired) electrons. The Balaban J connectivity index is 0.00000441. The van der Waals surface area contributed by atoms with Gasteiger partial charge in [-0.2, -0.15) is 0 Å². The first kappa shape index (κ1) is 21.7. The van der Waals surface area contributed by atoms with E-state index in [9.17, 15) is 4.79 Å². The van der Waals surface area contributed by atoms with Gasteiger partial charge in [-0.05, 0) is 18.9 Å². The fourth-order valence-electron chi connectivity index (χ4n) is 2.65. The number of hydrogen-bond acceptors (Lipinski definition) is 2. The minimum absolute atomic E-state index is 0. The van der Waals surface area contributed by atoms with Crippen LogP contribution in [0.15, 0.2) is 30.3 Å². The second-order valence-electron chi connectivity index (χ2n) is 5.63. The second kappa shape index (κ2) is 14.3. The van der Waals surface area contributed by atoms with Gasteiger partial charge in [0.2, 0.25) is 0 Å². The van der Waals surface area contributed by atoms with Gasteiger partial charge in [-0.1, -0.05) is 82.2 Å². The van der Waals surface area contributed by atoms with E-state index in [1.165, 1.54) is 38.5 Å². The van der Waals surface area contributed by atoms with Gasteiger partial charge in [0.25, 0.3) is 0 Å². The van der Waals surface area contributed by atoms with Gasteiger partial charge in [0, 0.05) is 29.6 Å². The molecule has 0 heterocycles. The summed E-state index contributed by atoms with van der Waals surface area (Å²) >= 11 is 0. The monoisotopic (exact) mass is 313 g/mol. The molecule has 119 valence electrons. The molecule has 0 spiro atoms. The van der Waals surface area contributed by atoms with Gasteiger partial charge in [0.05, 0.1) is 12.5 Å². The first-order valence-corrected chi connectivity index (χ1v) is 8.51. The number of benzene rings is 1. The molecular formula is C19H30NaO2. The van der Waals surface area contributed by atoms with Crippen LogP contribution in [0.3, 0.4) is 0 Å². The molecule has 0 N–H and O–H groups in total. The maximum Gasteiger partial charge on any atom is 0.313 e. The van der Waals surface area contributed by atoms with Crippen LogP contribution in [0, 0.1) is 0 Å². The molecule has 1 aromatic rings. The molecule has 0 fully saturated rings. The van der Waals surface area contributed by atoms with Gasteiger partial charge in [-0.25, -0.2) is 0 Å². The molecule has 1 aromatic carbocycles. The zero-order chi connectivity index (χ0) is 15.3. The van der Waals surface area contributed by atoms with Crippen molar-refractivity contribution >= 4 is 35.5 Å². The average molecular weight is 313 g/mol. The molecule has 1 rings (SSSR count). The zero-order valence-electron chi connectivity index (χ0n) is 14.6. The Bertz CT molecular complexity index is 378. The molecule has 0 aliphatic heterocycles. The number of carbonyl (C=O) groups excluding carboxylic acids is 1. The Hall–Kier alpha value is -0.310. The van der Waals surface area contributed by atoms with Crippen LogP contribution in [0.4, 0.5) is 0 Å². The third-order valence-corrected chi connectivity index (χ3v) is 3.87. The van der Waals surface area contributed by atoms with E-state index in [0.29, 0.717) is 6.61 Å². The Morgan fingerprint density at radius 3 is 2.14 bits per heavy atom. The summed E-state index contributed by atoms with van der Waals surface area (Å²) in [7, 11) is 0. The van der Waals surface area contributed by atoms with Gasteiger partial charge in [-0.15, -0.1) is 0 Å². The van der Waals surface area contributed by atoms with Gasteiger partial charge in [0.15, 0.2) is 0 Å². The standard InChI is InChI=1S/C19H30O2.Na/c1-3-5-6-7-8-9-13-16-18(19(20)21-4-2)17-14-11-10-12-15-17;/h10-12,14-15,18H,3-9,13,16H2,1-2H3;. The quantitative estimate of drug-likeness (QED) is 0.323. The van der Waals surface area contributed by atoms with Crippen LogP contribution < -0.4 is 0 Å². The summed E-state index contributed by atoms with van der Waals surface area (Å²) in [6.07, 6.45) is 9.80. The first-order chi connectivity index (χ1) is 10.3. The van der Waals surface area contributed by atoms with Crippen molar-refractivity contribution in [3.05, 3.63) is 35.9 Å². The van der Waals surface area contributed by atoms with Crippen molar-refractivity contribution in [3.63, 3.8) is 0 Å². The summed E-state index contributed by atoms with van der Waals surface area (Å²) in [5.41, 5.74) is 1.09. The molecule has 22 heavy (non-hydrogen) atoms. The van der Waals surface area contributed by atoms with Gasteiger partial charge < -0.3 is 4.74 Å². The van der Waals surface area contributed by atoms with Gasteiger partial charge in [-0.3, -0.25) is 4.79 Å². The van der Waals surface area contributed by atoms with Crippen molar-refractivity contribution in [2.45, 2.75) is 71.1 Å². The normalized spacial score (nSPS) is 11.5. The van der Waals surface area contributed by atoms with Crippen molar-refractivity contribution in [1.29, 1.82) is 0 Å². The zero-order valence-corrected chi connectivity index (χ0v) is 16.6. The van der Waals surface area contributed by atoms with Crippen LogP contribution >= 0.6 is 0 Å². The van der Waals surface area contributed by atoms with Gasteiger partial charge in [0.1, 0.15) is 0 Å². The molecule has 0 aliphatic rings. The largest absolute Gasteiger partial charge is 0.466 e. The first-order valence-electron chi connectivity index (χ1n) is 8.51. The maximum absolute atomic E-state index is 12.1. The molecule has 0 aliphatic carbocycles. The van der Waals surface area contributed by atoms with Crippen LogP contribution in [0.5, 0.6) is 0 Å². The smallest absolute Gasteiger partial charge is 0.313 e. The number of rotatable bonds is 11. The van der Waals surface area contributed by atoms with E-state index in [1.807, 2.05) is 37.3 Å². The van der Waals surface area contributed by atoms with E-state index in [-0.39, 0.29) is 41.4 Å². The second-order valence-corrected chi connectivity index (χ2v) is 5.63. The third kappa shape index (κ3) is 8.97. The molecule has 1 unspecified atom stereocenters. The van der Waals surface area contributed by atoms with Crippen LogP contribution in [0.1, 0.15) is 76.7 Å². The number of hydrogen-bond donors (Lipinski definition) is 0. The molecule has 0 bridgehead atoms. The van der Waals surface area contributed by atoms with Crippen molar-refractivity contribution < 1.29 is 9.53 Å². The van der Waals surface area contributed by atoms with Crippen LogP contribution in [-0.2, 0) is 9.53 Å². The summed E-state index contributed by atoms with van der Waals surface area (Å²) in [4.78, 5) is 12.1.